The highest BCUT2D eigenvalue weighted by Gasteiger charge is 2.24. The highest BCUT2D eigenvalue weighted by molar-refractivity contribution is 5.61. The maximum Gasteiger partial charge on any atom is 0.270 e. The molecular weight excluding hydrogens is 282 g/mol. The molecule has 1 fully saturated rings. The Morgan fingerprint density at radius 1 is 1.41 bits per heavy atom. The van der Waals surface area contributed by atoms with Gasteiger partial charge in [-0.3, -0.25) is 10.1 Å². The Kier molecular flexibility index (Phi) is 5.73. The summed E-state index contributed by atoms with van der Waals surface area (Å²) in [5.41, 5.74) is 0.795. The van der Waals surface area contributed by atoms with Crippen LogP contribution in [0.4, 0.5) is 11.4 Å². The molecule has 0 bridgehead atoms. The SMILES string of the molecule is N#Cc1cc([N+](=O)[O-])ccc1NC(CCO)C1CCCCC1. The van der Waals surface area contributed by atoms with Crippen LogP contribution in [-0.2, 0) is 0 Å². The summed E-state index contributed by atoms with van der Waals surface area (Å²) in [6.07, 6.45) is 6.49. The number of hydrogen-bond acceptors (Lipinski definition) is 5. The van der Waals surface area contributed by atoms with Gasteiger partial charge in [0.15, 0.2) is 0 Å². The van der Waals surface area contributed by atoms with Gasteiger partial charge in [-0.25, -0.2) is 0 Å². The lowest BCUT2D eigenvalue weighted by Gasteiger charge is -2.31. The molecule has 1 unspecified atom stereocenters. The Labute approximate surface area is 129 Å². The van der Waals surface area contributed by atoms with Crippen LogP contribution in [0.2, 0.25) is 0 Å². The van der Waals surface area contributed by atoms with E-state index in [-0.39, 0.29) is 23.9 Å². The van der Waals surface area contributed by atoms with E-state index in [1.165, 1.54) is 31.4 Å². The van der Waals surface area contributed by atoms with Crippen LogP contribution >= 0.6 is 0 Å². The molecule has 1 aliphatic rings. The third kappa shape index (κ3) is 3.95. The van der Waals surface area contributed by atoms with E-state index < -0.39 is 4.92 Å². The first-order valence-electron chi connectivity index (χ1n) is 7.71. The zero-order valence-electron chi connectivity index (χ0n) is 12.5. The summed E-state index contributed by atoms with van der Waals surface area (Å²) in [5, 5.41) is 32.6. The minimum Gasteiger partial charge on any atom is -0.396 e. The van der Waals surface area contributed by atoms with Crippen molar-refractivity contribution in [1.29, 1.82) is 5.26 Å². The molecule has 0 aromatic heterocycles. The number of aliphatic hydroxyl groups is 1. The molecule has 1 aromatic carbocycles. The molecule has 1 aliphatic carbocycles. The van der Waals surface area contributed by atoms with Gasteiger partial charge in [0, 0.05) is 24.8 Å². The molecular formula is C16H21N3O3. The Morgan fingerprint density at radius 2 is 2.14 bits per heavy atom. The fraction of sp³-hybridized carbons (Fsp3) is 0.562. The van der Waals surface area contributed by atoms with Gasteiger partial charge < -0.3 is 10.4 Å². The highest BCUT2D eigenvalue weighted by atomic mass is 16.6. The molecule has 0 amide bonds. The number of nitro groups is 1. The summed E-state index contributed by atoms with van der Waals surface area (Å²) in [6, 6.07) is 6.39. The van der Waals surface area contributed by atoms with Crippen molar-refractivity contribution in [3.05, 3.63) is 33.9 Å². The number of non-ortho nitro benzene ring substituents is 1. The van der Waals surface area contributed by atoms with Crippen molar-refractivity contribution in [2.24, 2.45) is 5.92 Å². The van der Waals surface area contributed by atoms with E-state index in [9.17, 15) is 20.5 Å². The van der Waals surface area contributed by atoms with Crippen molar-refractivity contribution in [3.63, 3.8) is 0 Å². The van der Waals surface area contributed by atoms with Crippen LogP contribution in [0.15, 0.2) is 18.2 Å². The molecule has 1 aromatic rings. The second-order valence-corrected chi connectivity index (χ2v) is 5.76. The lowest BCUT2D eigenvalue weighted by atomic mass is 9.82. The number of anilines is 1. The summed E-state index contributed by atoms with van der Waals surface area (Å²) in [4.78, 5) is 10.3. The summed E-state index contributed by atoms with van der Waals surface area (Å²) in [7, 11) is 0. The van der Waals surface area contributed by atoms with Crippen molar-refractivity contribution in [1.82, 2.24) is 0 Å². The largest absolute Gasteiger partial charge is 0.396 e. The first-order chi connectivity index (χ1) is 10.7. The van der Waals surface area contributed by atoms with E-state index in [0.29, 0.717) is 18.0 Å². The zero-order valence-corrected chi connectivity index (χ0v) is 12.5. The number of nitrogens with zero attached hydrogens (tertiary/aromatic N) is 2. The van der Waals surface area contributed by atoms with Gasteiger partial charge in [0.1, 0.15) is 6.07 Å². The van der Waals surface area contributed by atoms with Gasteiger partial charge in [0.25, 0.3) is 5.69 Å². The molecule has 1 saturated carbocycles. The van der Waals surface area contributed by atoms with Crippen molar-refractivity contribution >= 4 is 11.4 Å². The fourth-order valence-corrected chi connectivity index (χ4v) is 3.17. The third-order valence-electron chi connectivity index (χ3n) is 4.33. The number of hydrogen-bond donors (Lipinski definition) is 2. The fourth-order valence-electron chi connectivity index (χ4n) is 3.17. The second kappa shape index (κ2) is 7.76. The van der Waals surface area contributed by atoms with Gasteiger partial charge in [0.2, 0.25) is 0 Å². The van der Waals surface area contributed by atoms with Gasteiger partial charge in [-0.05, 0) is 31.2 Å². The van der Waals surface area contributed by atoms with Crippen molar-refractivity contribution in [3.8, 4) is 6.07 Å². The van der Waals surface area contributed by atoms with Gasteiger partial charge >= 0.3 is 0 Å². The van der Waals surface area contributed by atoms with Crippen LogP contribution in [0.3, 0.4) is 0 Å². The molecule has 0 saturated heterocycles. The minimum atomic E-state index is -0.503. The van der Waals surface area contributed by atoms with Crippen LogP contribution in [0.1, 0.15) is 44.1 Å². The molecule has 0 heterocycles. The minimum absolute atomic E-state index is 0.0847. The van der Waals surface area contributed by atoms with Crippen LogP contribution in [0.25, 0.3) is 0 Å². The Morgan fingerprint density at radius 3 is 2.73 bits per heavy atom. The molecule has 2 N–H and O–H groups in total. The predicted octanol–water partition coefficient (Wildman–Crippen LogP) is 3.21. The number of aliphatic hydroxyl groups excluding tert-OH is 1. The topological polar surface area (TPSA) is 99.2 Å². The van der Waals surface area contributed by atoms with Crippen molar-refractivity contribution < 1.29 is 10.0 Å². The quantitative estimate of drug-likeness (QED) is 0.621. The molecule has 0 spiro atoms. The number of benzene rings is 1. The van der Waals surface area contributed by atoms with Crippen LogP contribution in [0.5, 0.6) is 0 Å². The van der Waals surface area contributed by atoms with Crippen molar-refractivity contribution in [2.45, 2.75) is 44.6 Å². The summed E-state index contributed by atoms with van der Waals surface area (Å²) < 4.78 is 0. The molecule has 6 nitrogen and oxygen atoms in total. The molecule has 0 radical (unpaired) electrons. The van der Waals surface area contributed by atoms with Crippen LogP contribution < -0.4 is 5.32 Å². The Bertz CT molecular complexity index is 562. The molecule has 6 heteroatoms. The van der Waals surface area contributed by atoms with Gasteiger partial charge in [-0.15, -0.1) is 0 Å². The van der Waals surface area contributed by atoms with E-state index in [2.05, 4.69) is 5.32 Å². The summed E-state index contributed by atoms with van der Waals surface area (Å²) >= 11 is 0. The second-order valence-electron chi connectivity index (χ2n) is 5.76. The Balaban J connectivity index is 2.18. The first kappa shape index (κ1) is 16.2. The molecule has 118 valence electrons. The van der Waals surface area contributed by atoms with E-state index in [0.717, 1.165) is 12.8 Å². The smallest absolute Gasteiger partial charge is 0.270 e. The summed E-state index contributed by atoms with van der Waals surface area (Å²) in [6.45, 7) is 0.0863. The molecule has 2 rings (SSSR count). The number of nitriles is 1. The maximum absolute atomic E-state index is 10.8. The van der Waals surface area contributed by atoms with E-state index in [1.54, 1.807) is 6.07 Å². The first-order valence-corrected chi connectivity index (χ1v) is 7.71. The number of nitro benzene ring substituents is 1. The lowest BCUT2D eigenvalue weighted by Crippen LogP contribution is -2.32. The van der Waals surface area contributed by atoms with Gasteiger partial charge in [0.05, 0.1) is 16.2 Å². The van der Waals surface area contributed by atoms with Gasteiger partial charge in [-0.2, -0.15) is 5.26 Å². The monoisotopic (exact) mass is 303 g/mol. The Hall–Kier alpha value is -2.13. The third-order valence-corrected chi connectivity index (χ3v) is 4.33. The molecule has 0 aliphatic heterocycles. The zero-order chi connectivity index (χ0) is 15.9. The van der Waals surface area contributed by atoms with E-state index >= 15 is 0 Å². The standard InChI is InChI=1S/C16H21N3O3/c17-11-13-10-14(19(21)22)6-7-15(13)18-16(8-9-20)12-4-2-1-3-5-12/h6-7,10,12,16,18,20H,1-5,8-9H2. The van der Waals surface area contributed by atoms with E-state index in [1.807, 2.05) is 6.07 Å². The average molecular weight is 303 g/mol. The number of nitrogens with one attached hydrogen (secondary N) is 1. The normalized spacial score (nSPS) is 16.7. The molecule has 22 heavy (non-hydrogen) atoms. The van der Waals surface area contributed by atoms with Gasteiger partial charge in [-0.1, -0.05) is 19.3 Å². The molecule has 1 atom stereocenters. The van der Waals surface area contributed by atoms with Crippen LogP contribution in [-0.4, -0.2) is 22.7 Å². The summed E-state index contributed by atoms with van der Waals surface area (Å²) in [5.74, 6) is 0.475. The van der Waals surface area contributed by atoms with Crippen molar-refractivity contribution in [2.75, 3.05) is 11.9 Å². The van der Waals surface area contributed by atoms with E-state index in [4.69, 9.17) is 0 Å². The highest BCUT2D eigenvalue weighted by Crippen LogP contribution is 2.31. The lowest BCUT2D eigenvalue weighted by molar-refractivity contribution is -0.384. The average Bonchev–Trinajstić information content (AvgIpc) is 2.55. The maximum atomic E-state index is 10.8. The predicted molar refractivity (Wildman–Crippen MR) is 83.5 cm³/mol. The van der Waals surface area contributed by atoms with Crippen LogP contribution in [0, 0.1) is 27.4 Å². The number of rotatable bonds is 6.